The van der Waals surface area contributed by atoms with Gasteiger partial charge in [-0.05, 0) is 42.3 Å². The van der Waals surface area contributed by atoms with Crippen LogP contribution < -0.4 is 4.74 Å². The largest absolute Gasteiger partial charge is 0.513 e. The SMILES string of the molecule is CCOC(=O)Oc1ccc(/C=C/C(=O)Cl)cc1. The molecule has 0 heterocycles. The minimum absolute atomic E-state index is 0.261. The number of halogens is 1. The van der Waals surface area contributed by atoms with Crippen LogP contribution in [0.2, 0.25) is 0 Å². The van der Waals surface area contributed by atoms with Crippen LogP contribution in [0.25, 0.3) is 6.08 Å². The maximum atomic E-state index is 11.0. The van der Waals surface area contributed by atoms with Gasteiger partial charge in [0.05, 0.1) is 6.61 Å². The second-order valence-electron chi connectivity index (χ2n) is 2.99. The molecule has 0 aliphatic rings. The molecule has 4 nitrogen and oxygen atoms in total. The zero-order valence-corrected chi connectivity index (χ0v) is 9.94. The fourth-order valence-electron chi connectivity index (χ4n) is 1.05. The Morgan fingerprint density at radius 1 is 1.29 bits per heavy atom. The molecule has 0 saturated carbocycles. The predicted octanol–water partition coefficient (Wildman–Crippen LogP) is 3.00. The van der Waals surface area contributed by atoms with E-state index in [1.807, 2.05) is 0 Å². The van der Waals surface area contributed by atoms with Crippen LogP contribution in [0.4, 0.5) is 4.79 Å². The van der Waals surface area contributed by atoms with Gasteiger partial charge in [-0.25, -0.2) is 4.79 Å². The van der Waals surface area contributed by atoms with Crippen LogP contribution in [0.3, 0.4) is 0 Å². The summed E-state index contributed by atoms with van der Waals surface area (Å²) in [6, 6.07) is 6.56. The van der Waals surface area contributed by atoms with Crippen LogP contribution in [0, 0.1) is 0 Å². The van der Waals surface area contributed by atoms with Gasteiger partial charge in [-0.3, -0.25) is 4.79 Å². The lowest BCUT2D eigenvalue weighted by Gasteiger charge is -2.03. The molecule has 0 spiro atoms. The highest BCUT2D eigenvalue weighted by atomic mass is 35.5. The molecule has 0 aromatic heterocycles. The first-order chi connectivity index (χ1) is 8.11. The molecule has 0 unspecified atom stereocenters. The summed E-state index contributed by atoms with van der Waals surface area (Å²) < 4.78 is 9.47. The fraction of sp³-hybridized carbons (Fsp3) is 0.167. The van der Waals surface area contributed by atoms with Gasteiger partial charge in [0, 0.05) is 0 Å². The van der Waals surface area contributed by atoms with Crippen LogP contribution in [-0.4, -0.2) is 18.0 Å². The zero-order valence-electron chi connectivity index (χ0n) is 9.18. The average molecular weight is 255 g/mol. The maximum absolute atomic E-state index is 11.0. The van der Waals surface area contributed by atoms with Crippen LogP contribution in [0.1, 0.15) is 12.5 Å². The molecular weight excluding hydrogens is 244 g/mol. The van der Waals surface area contributed by atoms with E-state index in [1.165, 1.54) is 6.08 Å². The van der Waals surface area contributed by atoms with Gasteiger partial charge in [0.15, 0.2) is 0 Å². The van der Waals surface area contributed by atoms with Crippen molar-refractivity contribution in [2.24, 2.45) is 0 Å². The lowest BCUT2D eigenvalue weighted by atomic mass is 10.2. The third kappa shape index (κ3) is 5.17. The molecule has 0 bridgehead atoms. The molecular formula is C12H11ClO4. The van der Waals surface area contributed by atoms with E-state index in [9.17, 15) is 9.59 Å². The number of rotatable bonds is 4. The van der Waals surface area contributed by atoms with Gasteiger partial charge in [0.2, 0.25) is 5.24 Å². The number of benzene rings is 1. The summed E-state index contributed by atoms with van der Waals surface area (Å²) in [5.74, 6) is 0.373. The number of carbonyl (C=O) groups is 2. The molecule has 5 heteroatoms. The van der Waals surface area contributed by atoms with Crippen LogP contribution in [0.15, 0.2) is 30.3 Å². The standard InChI is InChI=1S/C12H11ClO4/c1-2-16-12(15)17-10-6-3-9(4-7-10)5-8-11(13)14/h3-8H,2H2,1H3/b8-5+. The Labute approximate surface area is 104 Å². The summed E-state index contributed by atoms with van der Waals surface area (Å²) >= 11 is 5.15. The van der Waals surface area contributed by atoms with E-state index in [-0.39, 0.29) is 6.61 Å². The van der Waals surface area contributed by atoms with Crippen molar-refractivity contribution in [3.8, 4) is 5.75 Å². The zero-order chi connectivity index (χ0) is 12.7. The first kappa shape index (κ1) is 13.3. The highest BCUT2D eigenvalue weighted by molar-refractivity contribution is 6.66. The average Bonchev–Trinajstić information content (AvgIpc) is 2.28. The molecule has 0 radical (unpaired) electrons. The predicted molar refractivity (Wildman–Crippen MR) is 64.0 cm³/mol. The minimum atomic E-state index is -0.744. The van der Waals surface area contributed by atoms with E-state index in [4.69, 9.17) is 16.3 Å². The van der Waals surface area contributed by atoms with E-state index >= 15 is 0 Å². The van der Waals surface area contributed by atoms with Crippen molar-refractivity contribution >= 4 is 29.1 Å². The molecule has 90 valence electrons. The maximum Gasteiger partial charge on any atom is 0.513 e. The summed E-state index contributed by atoms with van der Waals surface area (Å²) in [6.07, 6.45) is 2.05. The van der Waals surface area contributed by atoms with Gasteiger partial charge >= 0.3 is 6.16 Å². The normalized spacial score (nSPS) is 10.2. The van der Waals surface area contributed by atoms with Crippen molar-refractivity contribution < 1.29 is 19.1 Å². The third-order valence-corrected chi connectivity index (χ3v) is 1.88. The Bertz CT molecular complexity index is 423. The molecule has 0 aliphatic heterocycles. The van der Waals surface area contributed by atoms with E-state index in [1.54, 1.807) is 37.3 Å². The van der Waals surface area contributed by atoms with Gasteiger partial charge in [0.1, 0.15) is 5.75 Å². The lowest BCUT2D eigenvalue weighted by Crippen LogP contribution is -2.09. The minimum Gasteiger partial charge on any atom is -0.434 e. The first-order valence-corrected chi connectivity index (χ1v) is 5.32. The Morgan fingerprint density at radius 2 is 1.94 bits per heavy atom. The van der Waals surface area contributed by atoms with E-state index < -0.39 is 11.4 Å². The first-order valence-electron chi connectivity index (χ1n) is 4.94. The number of allylic oxidation sites excluding steroid dienone is 1. The molecule has 0 amide bonds. The van der Waals surface area contributed by atoms with Crippen molar-refractivity contribution in [3.63, 3.8) is 0 Å². The van der Waals surface area contributed by atoms with Gasteiger partial charge < -0.3 is 9.47 Å². The van der Waals surface area contributed by atoms with Crippen molar-refractivity contribution in [3.05, 3.63) is 35.9 Å². The van der Waals surface area contributed by atoms with Crippen molar-refractivity contribution in [2.75, 3.05) is 6.61 Å². The summed E-state index contributed by atoms with van der Waals surface area (Å²) in [5, 5.41) is -0.545. The molecule has 0 N–H and O–H groups in total. The molecule has 17 heavy (non-hydrogen) atoms. The Hall–Kier alpha value is -1.81. The molecule has 1 rings (SSSR count). The Balaban J connectivity index is 2.62. The van der Waals surface area contributed by atoms with Crippen molar-refractivity contribution in [2.45, 2.75) is 6.92 Å². The van der Waals surface area contributed by atoms with E-state index in [0.717, 1.165) is 5.56 Å². The molecule has 0 atom stereocenters. The molecule has 1 aromatic rings. The van der Waals surface area contributed by atoms with Crippen LogP contribution >= 0.6 is 11.6 Å². The second kappa shape index (κ2) is 6.70. The van der Waals surface area contributed by atoms with E-state index in [0.29, 0.717) is 5.75 Å². The highest BCUT2D eigenvalue weighted by Crippen LogP contribution is 2.14. The molecule has 0 fully saturated rings. The number of hydrogen-bond acceptors (Lipinski definition) is 4. The van der Waals surface area contributed by atoms with E-state index in [2.05, 4.69) is 4.74 Å². The third-order valence-electron chi connectivity index (χ3n) is 1.75. The summed E-state index contributed by atoms with van der Waals surface area (Å²) in [7, 11) is 0. The number of hydrogen-bond donors (Lipinski definition) is 0. The fourth-order valence-corrected chi connectivity index (χ4v) is 1.12. The quantitative estimate of drug-likeness (QED) is 0.359. The monoisotopic (exact) mass is 254 g/mol. The topological polar surface area (TPSA) is 52.6 Å². The second-order valence-corrected chi connectivity index (χ2v) is 3.36. The van der Waals surface area contributed by atoms with Gasteiger partial charge in [-0.15, -0.1) is 0 Å². The number of carbonyl (C=O) groups excluding carboxylic acids is 2. The van der Waals surface area contributed by atoms with Crippen molar-refractivity contribution in [1.82, 2.24) is 0 Å². The molecule has 1 aromatic carbocycles. The summed E-state index contributed by atoms with van der Waals surface area (Å²) in [5.41, 5.74) is 0.773. The summed E-state index contributed by atoms with van der Waals surface area (Å²) in [4.78, 5) is 21.5. The molecule has 0 saturated heterocycles. The smallest absolute Gasteiger partial charge is 0.434 e. The van der Waals surface area contributed by atoms with Crippen LogP contribution in [0.5, 0.6) is 5.75 Å². The lowest BCUT2D eigenvalue weighted by molar-refractivity contribution is -0.107. The molecule has 0 aliphatic carbocycles. The Morgan fingerprint density at radius 3 is 2.47 bits per heavy atom. The Kier molecular flexibility index (Phi) is 5.23. The van der Waals surface area contributed by atoms with Crippen molar-refractivity contribution in [1.29, 1.82) is 0 Å². The number of ether oxygens (including phenoxy) is 2. The highest BCUT2D eigenvalue weighted by Gasteiger charge is 2.03. The summed E-state index contributed by atoms with van der Waals surface area (Å²) in [6.45, 7) is 1.95. The van der Waals surface area contributed by atoms with Crippen LogP contribution in [-0.2, 0) is 9.53 Å². The van der Waals surface area contributed by atoms with Gasteiger partial charge in [0.25, 0.3) is 0 Å². The van der Waals surface area contributed by atoms with Gasteiger partial charge in [-0.1, -0.05) is 18.2 Å². The van der Waals surface area contributed by atoms with Gasteiger partial charge in [-0.2, -0.15) is 0 Å².